The van der Waals surface area contributed by atoms with Crippen LogP contribution in [0.2, 0.25) is 5.02 Å². The molecule has 1 aromatic heterocycles. The summed E-state index contributed by atoms with van der Waals surface area (Å²) < 4.78 is 5.55. The third-order valence-corrected chi connectivity index (χ3v) is 5.93. The molecule has 1 aliphatic carbocycles. The Labute approximate surface area is 175 Å². The van der Waals surface area contributed by atoms with Crippen molar-refractivity contribution in [3.05, 3.63) is 73.6 Å². The molecule has 0 atom stereocenters. The van der Waals surface area contributed by atoms with E-state index in [4.69, 9.17) is 16.3 Å². The number of aromatic nitrogens is 1. The number of hydrogen-bond donors (Lipinski definition) is 0. The van der Waals surface area contributed by atoms with Crippen molar-refractivity contribution >= 4 is 22.9 Å². The van der Waals surface area contributed by atoms with Crippen molar-refractivity contribution in [3.63, 3.8) is 0 Å². The molecule has 1 fully saturated rings. The third-order valence-electron chi connectivity index (χ3n) is 5.69. The first-order valence-corrected chi connectivity index (χ1v) is 10.4. The number of likely N-dealkylation sites (tertiary alicyclic amines) is 1. The molecule has 0 amide bonds. The van der Waals surface area contributed by atoms with E-state index in [1.807, 2.05) is 19.1 Å². The van der Waals surface area contributed by atoms with E-state index in [9.17, 15) is 10.1 Å². The summed E-state index contributed by atoms with van der Waals surface area (Å²) in [4.78, 5) is 17.8. The van der Waals surface area contributed by atoms with Crippen LogP contribution in [0.15, 0.2) is 36.0 Å². The van der Waals surface area contributed by atoms with Gasteiger partial charge in [0.25, 0.3) is 5.69 Å². The van der Waals surface area contributed by atoms with E-state index in [1.54, 1.807) is 6.07 Å². The summed E-state index contributed by atoms with van der Waals surface area (Å²) in [6, 6.07) is 7.69. The molecule has 0 radical (unpaired) electrons. The Bertz CT molecular complexity index is 964. The van der Waals surface area contributed by atoms with Gasteiger partial charge in [-0.05, 0) is 61.4 Å². The number of nitro groups is 1. The lowest BCUT2D eigenvalue weighted by Gasteiger charge is -2.29. The first-order chi connectivity index (χ1) is 14.1. The highest BCUT2D eigenvalue weighted by Crippen LogP contribution is 2.39. The zero-order valence-electron chi connectivity index (χ0n) is 16.5. The maximum atomic E-state index is 11.3. The van der Waals surface area contributed by atoms with Crippen molar-refractivity contribution in [1.82, 2.24) is 9.88 Å². The first-order valence-electron chi connectivity index (χ1n) is 10.0. The lowest BCUT2D eigenvalue weighted by Crippen LogP contribution is -2.33. The summed E-state index contributed by atoms with van der Waals surface area (Å²) in [6.07, 6.45) is 4.75. The summed E-state index contributed by atoms with van der Waals surface area (Å²) in [5, 5.41) is 12.0. The van der Waals surface area contributed by atoms with Crippen molar-refractivity contribution in [3.8, 4) is 0 Å². The number of piperidine rings is 1. The SMILES string of the molecule is CCOCN1CCC(=C2c3ccc(Cl)cc3CCc3cc([N+](=O)[O-])cnc32)CC1. The molecule has 6 nitrogen and oxygen atoms in total. The molecule has 0 unspecified atom stereocenters. The minimum absolute atomic E-state index is 0.0450. The second-order valence-corrected chi connectivity index (χ2v) is 7.91. The van der Waals surface area contributed by atoms with Crippen molar-refractivity contribution in [2.45, 2.75) is 32.6 Å². The van der Waals surface area contributed by atoms with Crippen LogP contribution in [0.5, 0.6) is 0 Å². The fraction of sp³-hybridized carbons (Fsp3) is 0.409. The van der Waals surface area contributed by atoms with Crippen LogP contribution in [0.1, 0.15) is 42.1 Å². The molecule has 7 heteroatoms. The third kappa shape index (κ3) is 4.20. The average molecular weight is 414 g/mol. The highest BCUT2D eigenvalue weighted by Gasteiger charge is 2.26. The minimum atomic E-state index is -0.374. The van der Waals surface area contributed by atoms with Gasteiger partial charge in [0.1, 0.15) is 6.20 Å². The zero-order chi connectivity index (χ0) is 20.4. The van der Waals surface area contributed by atoms with Crippen molar-refractivity contribution in [2.75, 3.05) is 26.4 Å². The summed E-state index contributed by atoms with van der Waals surface area (Å²) in [5.74, 6) is 0. The molecule has 152 valence electrons. The molecule has 1 saturated heterocycles. The number of pyridine rings is 1. The van der Waals surface area contributed by atoms with E-state index in [2.05, 4.69) is 16.0 Å². The van der Waals surface area contributed by atoms with E-state index in [0.29, 0.717) is 24.8 Å². The van der Waals surface area contributed by atoms with Crippen LogP contribution in [0.4, 0.5) is 5.69 Å². The van der Waals surface area contributed by atoms with E-state index in [0.717, 1.165) is 54.7 Å². The van der Waals surface area contributed by atoms with Crippen LogP contribution in [0, 0.1) is 10.1 Å². The molecule has 2 aliphatic rings. The molecular weight excluding hydrogens is 390 g/mol. The van der Waals surface area contributed by atoms with Gasteiger partial charge in [-0.1, -0.05) is 23.2 Å². The Morgan fingerprint density at radius 3 is 2.66 bits per heavy atom. The first kappa shape index (κ1) is 20.0. The molecule has 2 heterocycles. The van der Waals surface area contributed by atoms with Gasteiger partial charge in [0, 0.05) is 36.4 Å². The molecular formula is C22H24ClN3O3. The second kappa shape index (κ2) is 8.61. The van der Waals surface area contributed by atoms with E-state index >= 15 is 0 Å². The molecule has 29 heavy (non-hydrogen) atoms. The lowest BCUT2D eigenvalue weighted by atomic mass is 9.88. The molecule has 1 aromatic carbocycles. The molecule has 1 aliphatic heterocycles. The van der Waals surface area contributed by atoms with Gasteiger partial charge in [0.15, 0.2) is 0 Å². The molecule has 2 aromatic rings. The van der Waals surface area contributed by atoms with Crippen molar-refractivity contribution < 1.29 is 9.66 Å². The van der Waals surface area contributed by atoms with Crippen LogP contribution in [-0.4, -0.2) is 41.2 Å². The number of hydrogen-bond acceptors (Lipinski definition) is 5. The minimum Gasteiger partial charge on any atom is -0.366 e. The molecule has 0 saturated carbocycles. The van der Waals surface area contributed by atoms with Gasteiger partial charge in [-0.2, -0.15) is 0 Å². The monoisotopic (exact) mass is 413 g/mol. The van der Waals surface area contributed by atoms with Crippen molar-refractivity contribution in [2.24, 2.45) is 0 Å². The Kier molecular flexibility index (Phi) is 5.94. The van der Waals surface area contributed by atoms with Crippen LogP contribution in [0.3, 0.4) is 0 Å². The van der Waals surface area contributed by atoms with Gasteiger partial charge < -0.3 is 4.74 Å². The smallest absolute Gasteiger partial charge is 0.287 e. The van der Waals surface area contributed by atoms with Gasteiger partial charge >= 0.3 is 0 Å². The van der Waals surface area contributed by atoms with E-state index in [1.165, 1.54) is 17.3 Å². The predicted octanol–water partition coefficient (Wildman–Crippen LogP) is 4.63. The molecule has 0 spiro atoms. The summed E-state index contributed by atoms with van der Waals surface area (Å²) in [7, 11) is 0. The normalized spacial score (nSPS) is 16.9. The highest BCUT2D eigenvalue weighted by atomic mass is 35.5. The van der Waals surface area contributed by atoms with Gasteiger partial charge in [-0.25, -0.2) is 4.98 Å². The molecule has 0 bridgehead atoms. The Balaban J connectivity index is 1.78. The molecule has 0 N–H and O–H groups in total. The fourth-order valence-electron chi connectivity index (χ4n) is 4.20. The maximum Gasteiger partial charge on any atom is 0.287 e. The highest BCUT2D eigenvalue weighted by molar-refractivity contribution is 6.30. The van der Waals surface area contributed by atoms with Gasteiger partial charge in [-0.3, -0.25) is 15.0 Å². The average Bonchev–Trinajstić information content (AvgIpc) is 2.88. The number of ether oxygens (including phenoxy) is 1. The topological polar surface area (TPSA) is 68.5 Å². The fourth-order valence-corrected chi connectivity index (χ4v) is 4.40. The number of nitrogens with zero attached hydrogens (tertiary/aromatic N) is 3. The standard InChI is InChI=1S/C22H24ClN3O3/c1-2-29-14-25-9-7-15(8-10-25)21-20-6-5-18(23)11-16(20)3-4-17-12-19(26(27)28)13-24-22(17)21/h5-6,11-13H,2-4,7-10,14H2,1H3. The van der Waals surface area contributed by atoms with Gasteiger partial charge in [0.2, 0.25) is 0 Å². The summed E-state index contributed by atoms with van der Waals surface area (Å²) >= 11 is 6.27. The Morgan fingerprint density at radius 2 is 1.93 bits per heavy atom. The van der Waals surface area contributed by atoms with Crippen LogP contribution >= 0.6 is 11.6 Å². The largest absolute Gasteiger partial charge is 0.366 e. The number of benzene rings is 1. The maximum absolute atomic E-state index is 11.3. The van der Waals surface area contributed by atoms with Crippen LogP contribution in [0.25, 0.3) is 5.57 Å². The predicted molar refractivity (Wildman–Crippen MR) is 113 cm³/mol. The molecule has 4 rings (SSSR count). The number of fused-ring (bicyclic) bond motifs is 2. The lowest BCUT2D eigenvalue weighted by molar-refractivity contribution is -0.385. The van der Waals surface area contributed by atoms with E-state index < -0.39 is 0 Å². The van der Waals surface area contributed by atoms with Gasteiger partial charge in [0.05, 0.1) is 17.3 Å². The number of halogens is 1. The Hall–Kier alpha value is -2.28. The van der Waals surface area contributed by atoms with Crippen LogP contribution < -0.4 is 0 Å². The van der Waals surface area contributed by atoms with E-state index in [-0.39, 0.29) is 10.6 Å². The van der Waals surface area contributed by atoms with Crippen LogP contribution in [-0.2, 0) is 17.6 Å². The number of aryl methyl sites for hydroxylation is 2. The summed E-state index contributed by atoms with van der Waals surface area (Å²) in [6.45, 7) is 5.25. The van der Waals surface area contributed by atoms with Crippen molar-refractivity contribution in [1.29, 1.82) is 0 Å². The quantitative estimate of drug-likeness (QED) is 0.539. The summed E-state index contributed by atoms with van der Waals surface area (Å²) in [5.41, 5.74) is 6.68. The zero-order valence-corrected chi connectivity index (χ0v) is 17.2. The number of rotatable bonds is 4. The Morgan fingerprint density at radius 1 is 1.17 bits per heavy atom. The second-order valence-electron chi connectivity index (χ2n) is 7.48. The van der Waals surface area contributed by atoms with Gasteiger partial charge in [-0.15, -0.1) is 0 Å².